The average Bonchev–Trinajstić information content (AvgIpc) is 2.48. The van der Waals surface area contributed by atoms with Gasteiger partial charge in [-0.2, -0.15) is 0 Å². The number of rotatable bonds is 3. The first kappa shape index (κ1) is 15.9. The highest BCUT2D eigenvalue weighted by Gasteiger charge is 2.08. The zero-order valence-electron chi connectivity index (χ0n) is 12.3. The van der Waals surface area contributed by atoms with Gasteiger partial charge in [0.2, 0.25) is 0 Å². The number of halogens is 1. The van der Waals surface area contributed by atoms with Gasteiger partial charge in [0.05, 0.1) is 0 Å². The molecule has 0 aromatic heterocycles. The Labute approximate surface area is 133 Å². The number of carbonyl (C=O) groups is 1. The second kappa shape index (κ2) is 7.00. The van der Waals surface area contributed by atoms with Gasteiger partial charge in [-0.3, -0.25) is 10.1 Å². The second-order valence-corrected chi connectivity index (χ2v) is 5.26. The molecular formula is C16H16FN3OS. The summed E-state index contributed by atoms with van der Waals surface area (Å²) in [7, 11) is 3.91. The fraction of sp³-hybridized carbons (Fsp3) is 0.125. The van der Waals surface area contributed by atoms with Gasteiger partial charge in [-0.05, 0) is 60.7 Å². The molecule has 0 heterocycles. The highest BCUT2D eigenvalue weighted by molar-refractivity contribution is 7.80. The van der Waals surface area contributed by atoms with Crippen LogP contribution in [0.1, 0.15) is 10.4 Å². The summed E-state index contributed by atoms with van der Waals surface area (Å²) in [5.74, 6) is -0.777. The van der Waals surface area contributed by atoms with Crippen LogP contribution in [0.5, 0.6) is 0 Å². The molecule has 0 spiro atoms. The van der Waals surface area contributed by atoms with E-state index in [1.807, 2.05) is 43.3 Å². The maximum absolute atomic E-state index is 12.8. The lowest BCUT2D eigenvalue weighted by molar-refractivity contribution is 0.0977. The van der Waals surface area contributed by atoms with E-state index in [4.69, 9.17) is 12.2 Å². The second-order valence-electron chi connectivity index (χ2n) is 4.86. The Morgan fingerprint density at radius 3 is 2.18 bits per heavy atom. The zero-order chi connectivity index (χ0) is 16.1. The predicted molar refractivity (Wildman–Crippen MR) is 90.9 cm³/mol. The molecule has 2 rings (SSSR count). The number of benzene rings is 2. The van der Waals surface area contributed by atoms with E-state index in [9.17, 15) is 9.18 Å². The number of hydrogen-bond acceptors (Lipinski definition) is 3. The lowest BCUT2D eigenvalue weighted by atomic mass is 10.2. The minimum atomic E-state index is -0.391. The molecule has 4 nitrogen and oxygen atoms in total. The van der Waals surface area contributed by atoms with Gasteiger partial charge in [-0.25, -0.2) is 4.39 Å². The number of amides is 1. The van der Waals surface area contributed by atoms with Crippen molar-refractivity contribution in [2.24, 2.45) is 0 Å². The minimum Gasteiger partial charge on any atom is -0.378 e. The third-order valence-electron chi connectivity index (χ3n) is 2.98. The van der Waals surface area contributed by atoms with Gasteiger partial charge in [-0.15, -0.1) is 0 Å². The van der Waals surface area contributed by atoms with Crippen LogP contribution in [-0.4, -0.2) is 25.1 Å². The molecule has 0 fully saturated rings. The maximum atomic E-state index is 12.8. The first-order chi connectivity index (χ1) is 10.5. The van der Waals surface area contributed by atoms with Crippen LogP contribution in [0.25, 0.3) is 0 Å². The number of nitrogens with one attached hydrogen (secondary N) is 2. The standard InChI is InChI=1S/C16H16FN3OS/c1-20(2)14-9-7-13(8-10-14)18-16(22)19-15(21)11-3-5-12(17)6-4-11/h3-10H,1-2H3,(H2,18,19,21,22). The van der Waals surface area contributed by atoms with Crippen LogP contribution in [0.15, 0.2) is 48.5 Å². The number of nitrogens with zero attached hydrogens (tertiary/aromatic N) is 1. The van der Waals surface area contributed by atoms with E-state index in [-0.39, 0.29) is 11.0 Å². The molecule has 2 aromatic rings. The Morgan fingerprint density at radius 1 is 1.05 bits per heavy atom. The van der Waals surface area contributed by atoms with Crippen molar-refractivity contribution in [1.82, 2.24) is 5.32 Å². The topological polar surface area (TPSA) is 44.4 Å². The van der Waals surface area contributed by atoms with Gasteiger partial charge < -0.3 is 10.2 Å². The van der Waals surface area contributed by atoms with Gasteiger partial charge >= 0.3 is 0 Å². The van der Waals surface area contributed by atoms with Crippen LogP contribution < -0.4 is 15.5 Å². The van der Waals surface area contributed by atoms with E-state index in [2.05, 4.69) is 10.6 Å². The fourth-order valence-electron chi connectivity index (χ4n) is 1.78. The molecular weight excluding hydrogens is 301 g/mol. The van der Waals surface area contributed by atoms with Crippen LogP contribution in [0.3, 0.4) is 0 Å². The molecule has 0 aliphatic rings. The Balaban J connectivity index is 1.94. The molecule has 0 atom stereocenters. The van der Waals surface area contributed by atoms with Gasteiger partial charge in [0, 0.05) is 31.0 Å². The third-order valence-corrected chi connectivity index (χ3v) is 3.18. The number of anilines is 2. The summed E-state index contributed by atoms with van der Waals surface area (Å²) in [6.45, 7) is 0. The number of hydrogen-bond donors (Lipinski definition) is 2. The first-order valence-corrected chi connectivity index (χ1v) is 7.02. The molecule has 1 amide bonds. The summed E-state index contributed by atoms with van der Waals surface area (Å²) < 4.78 is 12.8. The van der Waals surface area contributed by atoms with E-state index in [0.29, 0.717) is 5.56 Å². The summed E-state index contributed by atoms with van der Waals surface area (Å²) in [5.41, 5.74) is 2.18. The van der Waals surface area contributed by atoms with Crippen molar-refractivity contribution >= 4 is 34.6 Å². The summed E-state index contributed by atoms with van der Waals surface area (Å²) in [6, 6.07) is 12.9. The Bertz CT molecular complexity index is 669. The lowest BCUT2D eigenvalue weighted by Crippen LogP contribution is -2.34. The summed E-state index contributed by atoms with van der Waals surface area (Å²) in [5, 5.41) is 5.66. The van der Waals surface area contributed by atoms with Crippen molar-refractivity contribution in [2.75, 3.05) is 24.3 Å². The molecule has 0 aliphatic heterocycles. The van der Waals surface area contributed by atoms with Crippen LogP contribution in [0.2, 0.25) is 0 Å². The molecule has 6 heteroatoms. The predicted octanol–water partition coefficient (Wildman–Crippen LogP) is 3.02. The van der Waals surface area contributed by atoms with Crippen LogP contribution >= 0.6 is 12.2 Å². The quantitative estimate of drug-likeness (QED) is 0.854. The van der Waals surface area contributed by atoms with Crippen molar-refractivity contribution in [3.8, 4) is 0 Å². The fourth-order valence-corrected chi connectivity index (χ4v) is 1.99. The SMILES string of the molecule is CN(C)c1ccc(NC(=S)NC(=O)c2ccc(F)cc2)cc1. The van der Waals surface area contributed by atoms with E-state index in [1.165, 1.54) is 24.3 Å². The van der Waals surface area contributed by atoms with Crippen molar-refractivity contribution in [3.05, 3.63) is 59.9 Å². The molecule has 0 unspecified atom stereocenters. The Kier molecular flexibility index (Phi) is 5.06. The minimum absolute atomic E-state index is 0.187. The van der Waals surface area contributed by atoms with Crippen molar-refractivity contribution in [1.29, 1.82) is 0 Å². The molecule has 114 valence electrons. The summed E-state index contributed by atoms with van der Waals surface area (Å²) >= 11 is 5.09. The molecule has 0 radical (unpaired) electrons. The average molecular weight is 317 g/mol. The lowest BCUT2D eigenvalue weighted by Gasteiger charge is -2.14. The van der Waals surface area contributed by atoms with Crippen molar-refractivity contribution < 1.29 is 9.18 Å². The smallest absolute Gasteiger partial charge is 0.257 e. The van der Waals surface area contributed by atoms with Crippen molar-refractivity contribution in [2.45, 2.75) is 0 Å². The monoisotopic (exact) mass is 317 g/mol. The number of carbonyl (C=O) groups excluding carboxylic acids is 1. The summed E-state index contributed by atoms with van der Waals surface area (Å²) in [4.78, 5) is 13.9. The van der Waals surface area contributed by atoms with E-state index < -0.39 is 5.82 Å². The van der Waals surface area contributed by atoms with Crippen LogP contribution in [0, 0.1) is 5.82 Å². The van der Waals surface area contributed by atoms with Gasteiger partial charge in [0.25, 0.3) is 5.91 Å². The highest BCUT2D eigenvalue weighted by atomic mass is 32.1. The normalized spacial score (nSPS) is 9.95. The Morgan fingerprint density at radius 2 is 1.64 bits per heavy atom. The Hall–Kier alpha value is -2.47. The zero-order valence-corrected chi connectivity index (χ0v) is 13.1. The molecule has 0 saturated carbocycles. The van der Waals surface area contributed by atoms with E-state index in [1.54, 1.807) is 0 Å². The molecule has 0 bridgehead atoms. The number of thiocarbonyl (C=S) groups is 1. The van der Waals surface area contributed by atoms with Gasteiger partial charge in [0.15, 0.2) is 5.11 Å². The van der Waals surface area contributed by atoms with Gasteiger partial charge in [-0.1, -0.05) is 0 Å². The largest absolute Gasteiger partial charge is 0.378 e. The maximum Gasteiger partial charge on any atom is 0.257 e. The molecule has 0 saturated heterocycles. The third kappa shape index (κ3) is 4.26. The van der Waals surface area contributed by atoms with E-state index in [0.717, 1.165) is 11.4 Å². The molecule has 2 N–H and O–H groups in total. The van der Waals surface area contributed by atoms with E-state index >= 15 is 0 Å². The molecule has 22 heavy (non-hydrogen) atoms. The molecule has 2 aromatic carbocycles. The van der Waals surface area contributed by atoms with Gasteiger partial charge in [0.1, 0.15) is 5.82 Å². The summed E-state index contributed by atoms with van der Waals surface area (Å²) in [6.07, 6.45) is 0. The molecule has 0 aliphatic carbocycles. The van der Waals surface area contributed by atoms with Crippen LogP contribution in [0.4, 0.5) is 15.8 Å². The van der Waals surface area contributed by atoms with Crippen molar-refractivity contribution in [3.63, 3.8) is 0 Å². The van der Waals surface area contributed by atoms with Crippen LogP contribution in [-0.2, 0) is 0 Å². The first-order valence-electron chi connectivity index (χ1n) is 6.61. The highest BCUT2D eigenvalue weighted by Crippen LogP contribution is 2.15.